The van der Waals surface area contributed by atoms with Gasteiger partial charge in [0.05, 0.1) is 6.04 Å². The van der Waals surface area contributed by atoms with Crippen molar-refractivity contribution in [1.29, 1.82) is 0 Å². The first-order valence-corrected chi connectivity index (χ1v) is 6.29. The highest BCUT2D eigenvalue weighted by Gasteiger charge is 2.13. The Morgan fingerprint density at radius 2 is 1.82 bits per heavy atom. The lowest BCUT2D eigenvalue weighted by Crippen LogP contribution is -2.29. The Kier molecular flexibility index (Phi) is 3.94. The molecule has 0 spiro atoms. The second kappa shape index (κ2) is 5.45. The van der Waals surface area contributed by atoms with Gasteiger partial charge in [0.15, 0.2) is 0 Å². The minimum absolute atomic E-state index is 0.0318. The third-order valence-corrected chi connectivity index (χ3v) is 3.34. The van der Waals surface area contributed by atoms with Gasteiger partial charge in [0.1, 0.15) is 0 Å². The number of nitrogens with one attached hydrogen (secondary N) is 1. The fraction of sp³-hybridized carbons (Fsp3) is 0.143. The Morgan fingerprint density at radius 1 is 1.12 bits per heavy atom. The molecule has 17 heavy (non-hydrogen) atoms. The molecular weight excluding hydrogens is 276 g/mol. The van der Waals surface area contributed by atoms with Crippen LogP contribution < -0.4 is 11.3 Å². The molecular formula is C14H15BrN2. The van der Waals surface area contributed by atoms with E-state index in [1.165, 1.54) is 16.7 Å². The molecule has 2 rings (SSSR count). The number of hydrazine groups is 1. The molecule has 2 aromatic carbocycles. The van der Waals surface area contributed by atoms with E-state index in [0.717, 1.165) is 4.47 Å². The topological polar surface area (TPSA) is 38.0 Å². The van der Waals surface area contributed by atoms with Crippen LogP contribution >= 0.6 is 15.9 Å². The van der Waals surface area contributed by atoms with Crippen molar-refractivity contribution in [3.05, 3.63) is 69.7 Å². The van der Waals surface area contributed by atoms with Gasteiger partial charge in [-0.15, -0.1) is 0 Å². The van der Waals surface area contributed by atoms with Gasteiger partial charge < -0.3 is 0 Å². The maximum absolute atomic E-state index is 5.68. The van der Waals surface area contributed by atoms with Gasteiger partial charge in [-0.25, -0.2) is 5.43 Å². The Morgan fingerprint density at radius 3 is 2.41 bits per heavy atom. The maximum Gasteiger partial charge on any atom is 0.0712 e. The number of benzene rings is 2. The average molecular weight is 291 g/mol. The van der Waals surface area contributed by atoms with Crippen LogP contribution in [0.5, 0.6) is 0 Å². The third kappa shape index (κ3) is 2.75. The SMILES string of the molecule is Cc1cc(Br)ccc1C(NN)c1ccccc1. The Balaban J connectivity index is 2.42. The number of hydrogen-bond acceptors (Lipinski definition) is 2. The predicted octanol–water partition coefficient (Wildman–Crippen LogP) is 3.31. The van der Waals surface area contributed by atoms with Crippen LogP contribution in [0.25, 0.3) is 0 Å². The normalized spacial score (nSPS) is 12.4. The van der Waals surface area contributed by atoms with Crippen molar-refractivity contribution in [2.75, 3.05) is 0 Å². The number of rotatable bonds is 3. The van der Waals surface area contributed by atoms with Crippen molar-refractivity contribution in [3.63, 3.8) is 0 Å². The van der Waals surface area contributed by atoms with Crippen LogP contribution in [0.15, 0.2) is 53.0 Å². The van der Waals surface area contributed by atoms with Crippen LogP contribution in [-0.4, -0.2) is 0 Å². The predicted molar refractivity (Wildman–Crippen MR) is 74.5 cm³/mol. The van der Waals surface area contributed by atoms with Gasteiger partial charge in [-0.05, 0) is 35.7 Å². The molecule has 3 N–H and O–H groups in total. The first kappa shape index (κ1) is 12.3. The molecule has 0 aliphatic rings. The Bertz CT molecular complexity index is 497. The summed E-state index contributed by atoms with van der Waals surface area (Å²) in [6.45, 7) is 2.09. The highest BCUT2D eigenvalue weighted by atomic mass is 79.9. The van der Waals surface area contributed by atoms with Crippen molar-refractivity contribution >= 4 is 15.9 Å². The summed E-state index contributed by atoms with van der Waals surface area (Å²) in [4.78, 5) is 0. The van der Waals surface area contributed by atoms with Crippen LogP contribution in [0.2, 0.25) is 0 Å². The van der Waals surface area contributed by atoms with Crippen LogP contribution in [0.3, 0.4) is 0 Å². The fourth-order valence-electron chi connectivity index (χ4n) is 1.97. The van der Waals surface area contributed by atoms with Crippen molar-refractivity contribution in [2.24, 2.45) is 5.84 Å². The van der Waals surface area contributed by atoms with Crippen LogP contribution in [-0.2, 0) is 0 Å². The summed E-state index contributed by atoms with van der Waals surface area (Å²) in [5.41, 5.74) is 6.46. The van der Waals surface area contributed by atoms with Gasteiger partial charge >= 0.3 is 0 Å². The Hall–Kier alpha value is -1.16. The molecule has 88 valence electrons. The first-order valence-electron chi connectivity index (χ1n) is 5.49. The number of nitrogens with two attached hydrogens (primary N) is 1. The number of aryl methyl sites for hydroxylation is 1. The van der Waals surface area contributed by atoms with Crippen molar-refractivity contribution < 1.29 is 0 Å². The van der Waals surface area contributed by atoms with Gasteiger partial charge in [0.25, 0.3) is 0 Å². The Labute approximate surface area is 110 Å². The third-order valence-electron chi connectivity index (χ3n) is 2.84. The summed E-state index contributed by atoms with van der Waals surface area (Å²) in [6, 6.07) is 16.5. The largest absolute Gasteiger partial charge is 0.271 e. The molecule has 0 aliphatic heterocycles. The average Bonchev–Trinajstić information content (AvgIpc) is 2.34. The lowest BCUT2D eigenvalue weighted by atomic mass is 9.96. The zero-order valence-corrected chi connectivity index (χ0v) is 11.2. The van der Waals surface area contributed by atoms with Gasteiger partial charge in [0, 0.05) is 4.47 Å². The van der Waals surface area contributed by atoms with Crippen LogP contribution in [0.1, 0.15) is 22.7 Å². The molecule has 2 aromatic rings. The van der Waals surface area contributed by atoms with Crippen molar-refractivity contribution in [2.45, 2.75) is 13.0 Å². The van der Waals surface area contributed by atoms with E-state index >= 15 is 0 Å². The molecule has 0 bridgehead atoms. The van der Waals surface area contributed by atoms with E-state index in [1.807, 2.05) is 24.3 Å². The number of halogens is 1. The number of hydrogen-bond donors (Lipinski definition) is 2. The van der Waals surface area contributed by atoms with E-state index in [0.29, 0.717) is 0 Å². The summed E-state index contributed by atoms with van der Waals surface area (Å²) in [5, 5.41) is 0. The van der Waals surface area contributed by atoms with Gasteiger partial charge in [-0.1, -0.05) is 52.3 Å². The zero-order valence-electron chi connectivity index (χ0n) is 9.65. The molecule has 2 nitrogen and oxygen atoms in total. The lowest BCUT2D eigenvalue weighted by molar-refractivity contribution is 0.633. The van der Waals surface area contributed by atoms with Gasteiger partial charge in [-0.2, -0.15) is 0 Å². The molecule has 1 unspecified atom stereocenters. The second-order valence-corrected chi connectivity index (χ2v) is 4.93. The molecule has 0 heterocycles. The summed E-state index contributed by atoms with van der Waals surface area (Å²) in [7, 11) is 0. The highest BCUT2D eigenvalue weighted by Crippen LogP contribution is 2.26. The summed E-state index contributed by atoms with van der Waals surface area (Å²) >= 11 is 3.47. The quantitative estimate of drug-likeness (QED) is 0.672. The van der Waals surface area contributed by atoms with Crippen molar-refractivity contribution in [3.8, 4) is 0 Å². The summed E-state index contributed by atoms with van der Waals surface area (Å²) < 4.78 is 1.09. The minimum Gasteiger partial charge on any atom is -0.271 e. The lowest BCUT2D eigenvalue weighted by Gasteiger charge is -2.19. The smallest absolute Gasteiger partial charge is 0.0712 e. The van der Waals surface area contributed by atoms with E-state index in [1.54, 1.807) is 0 Å². The van der Waals surface area contributed by atoms with Crippen molar-refractivity contribution in [1.82, 2.24) is 5.43 Å². The van der Waals surface area contributed by atoms with E-state index in [4.69, 9.17) is 5.84 Å². The standard InChI is InChI=1S/C14H15BrN2/c1-10-9-12(15)7-8-13(10)14(17-16)11-5-3-2-4-6-11/h2-9,14,17H,16H2,1H3. The highest BCUT2D eigenvalue weighted by molar-refractivity contribution is 9.10. The molecule has 0 aliphatic carbocycles. The van der Waals surface area contributed by atoms with Crippen LogP contribution in [0, 0.1) is 6.92 Å². The van der Waals surface area contributed by atoms with E-state index in [9.17, 15) is 0 Å². The minimum atomic E-state index is 0.0318. The van der Waals surface area contributed by atoms with Gasteiger partial charge in [-0.3, -0.25) is 5.84 Å². The molecule has 3 heteroatoms. The monoisotopic (exact) mass is 290 g/mol. The summed E-state index contributed by atoms with van der Waals surface area (Å²) in [6.07, 6.45) is 0. The zero-order chi connectivity index (χ0) is 12.3. The molecule has 1 atom stereocenters. The van der Waals surface area contributed by atoms with E-state index < -0.39 is 0 Å². The molecule has 0 fully saturated rings. The van der Waals surface area contributed by atoms with Crippen LogP contribution in [0.4, 0.5) is 0 Å². The molecule has 0 amide bonds. The van der Waals surface area contributed by atoms with Gasteiger partial charge in [0.2, 0.25) is 0 Å². The van der Waals surface area contributed by atoms with E-state index in [2.05, 4.69) is 52.5 Å². The molecule has 0 saturated carbocycles. The molecule has 0 radical (unpaired) electrons. The fourth-order valence-corrected chi connectivity index (χ4v) is 2.45. The molecule has 0 aromatic heterocycles. The molecule has 0 saturated heterocycles. The summed E-state index contributed by atoms with van der Waals surface area (Å²) in [5.74, 6) is 5.68. The second-order valence-electron chi connectivity index (χ2n) is 4.01. The maximum atomic E-state index is 5.68. The first-order chi connectivity index (χ1) is 8.22. The van der Waals surface area contributed by atoms with E-state index in [-0.39, 0.29) is 6.04 Å².